The van der Waals surface area contributed by atoms with Gasteiger partial charge in [-0.25, -0.2) is 4.57 Å². The number of carbonyl (C=O) groups is 2. The fraction of sp³-hybridized carbons (Fsp3) is 0.784. The lowest BCUT2D eigenvalue weighted by atomic mass is 10.0. The zero-order chi connectivity index (χ0) is 61.2. The molecule has 0 bridgehead atoms. The number of quaternary nitrogens is 1. The predicted molar refractivity (Wildman–Crippen MR) is 362 cm³/mol. The van der Waals surface area contributed by atoms with E-state index in [1.54, 1.807) is 0 Å². The van der Waals surface area contributed by atoms with E-state index in [2.05, 4.69) is 98.9 Å². The number of phosphoric acid groups is 1. The highest BCUT2D eigenvalue weighted by Gasteiger charge is 2.27. The normalized spacial score (nSPS) is 13.6. The van der Waals surface area contributed by atoms with E-state index in [4.69, 9.17) is 18.5 Å². The van der Waals surface area contributed by atoms with Crippen LogP contribution in [-0.2, 0) is 32.7 Å². The van der Waals surface area contributed by atoms with Crippen molar-refractivity contribution in [2.75, 3.05) is 47.5 Å². The van der Waals surface area contributed by atoms with Crippen molar-refractivity contribution >= 4 is 19.8 Å². The Morgan fingerprint density at radius 1 is 0.381 bits per heavy atom. The molecule has 0 aromatic rings. The first-order valence-electron chi connectivity index (χ1n) is 35.3. The van der Waals surface area contributed by atoms with Gasteiger partial charge in [-0.1, -0.05) is 324 Å². The Morgan fingerprint density at radius 3 is 1.01 bits per heavy atom. The van der Waals surface area contributed by atoms with E-state index < -0.39 is 26.5 Å². The number of esters is 2. The van der Waals surface area contributed by atoms with Gasteiger partial charge >= 0.3 is 19.8 Å². The second-order valence-electron chi connectivity index (χ2n) is 24.9. The molecule has 0 rings (SSSR count). The van der Waals surface area contributed by atoms with Crippen molar-refractivity contribution in [3.63, 3.8) is 0 Å². The molecule has 2 unspecified atom stereocenters. The van der Waals surface area contributed by atoms with Crippen molar-refractivity contribution in [1.29, 1.82) is 0 Å². The van der Waals surface area contributed by atoms with Gasteiger partial charge in [-0.3, -0.25) is 18.6 Å². The van der Waals surface area contributed by atoms with E-state index >= 15 is 0 Å². The number of nitrogens with zero attached hydrogens (tertiary/aromatic N) is 1. The van der Waals surface area contributed by atoms with Gasteiger partial charge in [-0.2, -0.15) is 0 Å². The third kappa shape index (κ3) is 68.3. The lowest BCUT2D eigenvalue weighted by molar-refractivity contribution is -0.870. The Bertz CT molecular complexity index is 1690. The maximum absolute atomic E-state index is 12.9. The fourth-order valence-electron chi connectivity index (χ4n) is 10.1. The van der Waals surface area contributed by atoms with Gasteiger partial charge in [-0.15, -0.1) is 0 Å². The molecule has 9 nitrogen and oxygen atoms in total. The standard InChI is InChI=1S/C74H134NO8P/c1-6-8-10-12-14-16-18-20-22-24-26-28-30-32-34-36-37-39-40-42-44-46-48-50-52-54-56-58-60-62-64-66-73(76)80-70-72(71-82-84(78,79)81-69-68-75(3,4)5)83-74(77)67-65-63-61-59-57-55-53-51-49-47-45-43-41-38-35-33-31-29-27-25-23-21-19-17-15-13-11-9-7-2/h9,11,15,17,21,23,27,29,33,35,41,43,47,49,72H,6-8,10,12-14,16,18-20,22,24-26,28,30-32,34,36-40,42,44-46,48,50-71H2,1-5H3/p+1/b11-9-,17-15-,23-21-,29-27-,35-33-,43-41-,49-47-. The topological polar surface area (TPSA) is 108 Å². The van der Waals surface area contributed by atoms with Crippen LogP contribution < -0.4 is 0 Å². The smallest absolute Gasteiger partial charge is 0.462 e. The van der Waals surface area contributed by atoms with E-state index in [0.29, 0.717) is 17.4 Å². The summed E-state index contributed by atoms with van der Waals surface area (Å²) in [6, 6.07) is 0. The summed E-state index contributed by atoms with van der Waals surface area (Å²) < 4.78 is 34.7. The molecule has 0 spiro atoms. The van der Waals surface area contributed by atoms with Crippen LogP contribution in [0.4, 0.5) is 0 Å². The zero-order valence-electron chi connectivity index (χ0n) is 55.6. The van der Waals surface area contributed by atoms with Gasteiger partial charge < -0.3 is 18.9 Å². The molecule has 0 saturated carbocycles. The van der Waals surface area contributed by atoms with Gasteiger partial charge in [0.25, 0.3) is 0 Å². The second kappa shape index (κ2) is 64.7. The molecule has 0 saturated heterocycles. The number of unbranched alkanes of at least 4 members (excludes halogenated alkanes) is 37. The predicted octanol–water partition coefficient (Wildman–Crippen LogP) is 22.9. The maximum atomic E-state index is 12.9. The number of phosphoric ester groups is 1. The molecule has 0 fully saturated rings. The molecule has 2 atom stereocenters. The second-order valence-corrected chi connectivity index (χ2v) is 26.4. The van der Waals surface area contributed by atoms with Gasteiger partial charge in [0.05, 0.1) is 27.7 Å². The molecular formula is C74H135NO8P+. The first kappa shape index (κ1) is 81.2. The van der Waals surface area contributed by atoms with E-state index in [1.807, 2.05) is 21.1 Å². The van der Waals surface area contributed by atoms with Crippen LogP contribution in [0.2, 0.25) is 0 Å². The monoisotopic (exact) mass is 1200 g/mol. The Morgan fingerprint density at radius 2 is 0.679 bits per heavy atom. The quantitative estimate of drug-likeness (QED) is 0.0211. The summed E-state index contributed by atoms with van der Waals surface area (Å²) in [5.41, 5.74) is 0. The van der Waals surface area contributed by atoms with Crippen LogP contribution in [-0.4, -0.2) is 74.9 Å². The lowest BCUT2D eigenvalue weighted by Gasteiger charge is -2.24. The summed E-state index contributed by atoms with van der Waals surface area (Å²) in [5, 5.41) is 0. The number of hydrogen-bond acceptors (Lipinski definition) is 7. The van der Waals surface area contributed by atoms with Crippen LogP contribution in [0.1, 0.15) is 322 Å². The molecule has 0 aromatic carbocycles. The molecule has 0 aromatic heterocycles. The molecule has 488 valence electrons. The minimum atomic E-state index is -4.40. The van der Waals surface area contributed by atoms with Crippen LogP contribution in [0.3, 0.4) is 0 Å². The molecule has 0 radical (unpaired) electrons. The molecule has 0 heterocycles. The van der Waals surface area contributed by atoms with E-state index in [1.165, 1.54) is 199 Å². The third-order valence-electron chi connectivity index (χ3n) is 15.4. The maximum Gasteiger partial charge on any atom is 0.472 e. The summed E-state index contributed by atoms with van der Waals surface area (Å²) in [7, 11) is 1.47. The highest BCUT2D eigenvalue weighted by molar-refractivity contribution is 7.47. The molecular weight excluding hydrogens is 1060 g/mol. The van der Waals surface area contributed by atoms with Gasteiger partial charge in [0.15, 0.2) is 6.10 Å². The average Bonchev–Trinajstić information content (AvgIpc) is 3.61. The first-order chi connectivity index (χ1) is 41.0. The average molecular weight is 1200 g/mol. The molecule has 0 aliphatic heterocycles. The molecule has 1 N–H and O–H groups in total. The van der Waals surface area contributed by atoms with Crippen LogP contribution in [0, 0.1) is 0 Å². The van der Waals surface area contributed by atoms with Gasteiger partial charge in [0.1, 0.15) is 19.8 Å². The third-order valence-corrected chi connectivity index (χ3v) is 16.4. The number of ether oxygens (including phenoxy) is 2. The SMILES string of the molecule is CC/C=C\C/C=C\C/C=C\C/C=C\C/C=C\C/C=C\C/C=C\CCCCCCCCCC(=O)OC(COC(=O)CCCCCCCCCCCCCCCCCCCCCCCCCCCCCCCCC)COP(=O)(O)OCC[N+](C)(C)C. The first-order valence-corrected chi connectivity index (χ1v) is 36.8. The Hall–Kier alpha value is -2.81. The number of allylic oxidation sites excluding steroid dienone is 14. The summed E-state index contributed by atoms with van der Waals surface area (Å²) in [4.78, 5) is 35.9. The highest BCUT2D eigenvalue weighted by Crippen LogP contribution is 2.43. The largest absolute Gasteiger partial charge is 0.472 e. The van der Waals surface area contributed by atoms with Crippen molar-refractivity contribution < 1.29 is 42.1 Å². The minimum absolute atomic E-state index is 0.0270. The van der Waals surface area contributed by atoms with E-state index in [9.17, 15) is 19.0 Å². The van der Waals surface area contributed by atoms with Gasteiger partial charge in [0, 0.05) is 12.8 Å². The van der Waals surface area contributed by atoms with Crippen LogP contribution in [0.5, 0.6) is 0 Å². The number of carbonyl (C=O) groups excluding carboxylic acids is 2. The summed E-state index contributed by atoms with van der Waals surface area (Å²) in [5.74, 6) is -0.801. The lowest BCUT2D eigenvalue weighted by Crippen LogP contribution is -2.37. The minimum Gasteiger partial charge on any atom is -0.462 e. The molecule has 0 amide bonds. The van der Waals surface area contributed by atoms with Gasteiger partial charge in [0.2, 0.25) is 0 Å². The Labute approximate surface area is 520 Å². The van der Waals surface area contributed by atoms with E-state index in [0.717, 1.165) is 89.9 Å². The fourth-order valence-corrected chi connectivity index (χ4v) is 10.8. The van der Waals surface area contributed by atoms with Crippen LogP contribution in [0.15, 0.2) is 85.1 Å². The van der Waals surface area contributed by atoms with Crippen LogP contribution >= 0.6 is 7.82 Å². The highest BCUT2D eigenvalue weighted by atomic mass is 31.2. The molecule has 10 heteroatoms. The number of hydrogen-bond donors (Lipinski definition) is 1. The van der Waals surface area contributed by atoms with Gasteiger partial charge in [-0.05, 0) is 70.6 Å². The summed E-state index contributed by atoms with van der Waals surface area (Å²) >= 11 is 0. The van der Waals surface area contributed by atoms with Crippen molar-refractivity contribution in [2.24, 2.45) is 0 Å². The van der Waals surface area contributed by atoms with Crippen molar-refractivity contribution in [2.45, 2.75) is 328 Å². The molecule has 0 aliphatic carbocycles. The Kier molecular flexibility index (Phi) is 62.5. The van der Waals surface area contributed by atoms with E-state index in [-0.39, 0.29) is 32.0 Å². The number of likely N-dealkylation sites (N-methyl/N-ethyl adjacent to an activating group) is 1. The Balaban J connectivity index is 4.06. The molecule has 84 heavy (non-hydrogen) atoms. The van der Waals surface area contributed by atoms with Crippen molar-refractivity contribution in [3.8, 4) is 0 Å². The van der Waals surface area contributed by atoms with Crippen molar-refractivity contribution in [1.82, 2.24) is 0 Å². The summed E-state index contributed by atoms with van der Waals surface area (Å²) in [6.07, 6.45) is 88.4. The van der Waals surface area contributed by atoms with Crippen LogP contribution in [0.25, 0.3) is 0 Å². The van der Waals surface area contributed by atoms with Crippen molar-refractivity contribution in [3.05, 3.63) is 85.1 Å². The molecule has 0 aliphatic rings. The zero-order valence-corrected chi connectivity index (χ0v) is 56.5. The summed E-state index contributed by atoms with van der Waals surface area (Å²) in [6.45, 7) is 4.35. The number of rotatable bonds is 65.